The molecule has 0 saturated heterocycles. The molecule has 0 spiro atoms. The molecule has 0 bridgehead atoms. The van der Waals surface area contributed by atoms with Gasteiger partial charge in [-0.25, -0.2) is 0 Å². The summed E-state index contributed by atoms with van der Waals surface area (Å²) in [5.74, 6) is 0. The molecule has 0 aliphatic carbocycles. The number of hydrogen-bond donors (Lipinski definition) is 1. The Kier molecular flexibility index (Phi) is 2.80. The fourth-order valence-electron chi connectivity index (χ4n) is 1.92. The molecular weight excluding hydrogens is 226 g/mol. The van der Waals surface area contributed by atoms with Crippen LogP contribution in [0.1, 0.15) is 5.56 Å². The number of thiophene rings is 1. The Morgan fingerprint density at radius 2 is 1.82 bits per heavy atom. The Labute approximate surface area is 105 Å². The topological polar surface area (TPSA) is 12.0 Å². The molecule has 0 atom stereocenters. The molecule has 0 amide bonds. The van der Waals surface area contributed by atoms with Crippen molar-refractivity contribution < 1.29 is 0 Å². The van der Waals surface area contributed by atoms with Gasteiger partial charge in [0.25, 0.3) is 0 Å². The normalized spacial score (nSPS) is 10.6. The third-order valence-electron chi connectivity index (χ3n) is 2.83. The van der Waals surface area contributed by atoms with E-state index in [9.17, 15) is 0 Å². The van der Waals surface area contributed by atoms with E-state index >= 15 is 0 Å². The Balaban J connectivity index is 1.81. The highest BCUT2D eigenvalue weighted by atomic mass is 32.1. The van der Waals surface area contributed by atoms with Crippen LogP contribution < -0.4 is 5.32 Å². The predicted molar refractivity (Wildman–Crippen MR) is 75.6 cm³/mol. The van der Waals surface area contributed by atoms with Gasteiger partial charge in [-0.2, -0.15) is 11.3 Å². The summed E-state index contributed by atoms with van der Waals surface area (Å²) in [7, 11) is 0. The Hall–Kier alpha value is -1.80. The van der Waals surface area contributed by atoms with Gasteiger partial charge in [0.05, 0.1) is 0 Å². The molecule has 0 radical (unpaired) electrons. The maximum Gasteiger partial charge on any atom is 0.0451 e. The van der Waals surface area contributed by atoms with Gasteiger partial charge in [-0.3, -0.25) is 0 Å². The Morgan fingerprint density at radius 3 is 2.65 bits per heavy atom. The molecule has 17 heavy (non-hydrogen) atoms. The fourth-order valence-corrected chi connectivity index (χ4v) is 2.53. The minimum Gasteiger partial charge on any atom is -0.380 e. The number of anilines is 1. The van der Waals surface area contributed by atoms with E-state index in [1.54, 1.807) is 11.3 Å². The molecule has 1 aromatic heterocycles. The molecule has 1 heterocycles. The molecule has 3 aromatic rings. The molecule has 2 aromatic carbocycles. The van der Waals surface area contributed by atoms with Crippen molar-refractivity contribution in [3.05, 3.63) is 64.9 Å². The average Bonchev–Trinajstić information content (AvgIpc) is 2.89. The quantitative estimate of drug-likeness (QED) is 0.709. The van der Waals surface area contributed by atoms with E-state index in [0.717, 1.165) is 6.54 Å². The zero-order valence-corrected chi connectivity index (χ0v) is 10.2. The minimum atomic E-state index is 0.877. The lowest BCUT2D eigenvalue weighted by Gasteiger charge is -2.05. The van der Waals surface area contributed by atoms with Crippen molar-refractivity contribution in [3.63, 3.8) is 0 Å². The number of benzene rings is 2. The summed E-state index contributed by atoms with van der Waals surface area (Å²) in [4.78, 5) is 0. The van der Waals surface area contributed by atoms with Gasteiger partial charge >= 0.3 is 0 Å². The largest absolute Gasteiger partial charge is 0.380 e. The van der Waals surface area contributed by atoms with E-state index in [1.807, 2.05) is 0 Å². The molecule has 0 aliphatic rings. The molecule has 0 unspecified atom stereocenters. The summed E-state index contributed by atoms with van der Waals surface area (Å²) < 4.78 is 0. The van der Waals surface area contributed by atoms with Crippen molar-refractivity contribution in [1.82, 2.24) is 0 Å². The molecule has 1 N–H and O–H groups in total. The van der Waals surface area contributed by atoms with Crippen LogP contribution >= 0.6 is 11.3 Å². The molecule has 2 heteroatoms. The summed E-state index contributed by atoms with van der Waals surface area (Å²) in [6.07, 6.45) is 0. The first-order valence-electron chi connectivity index (χ1n) is 5.65. The third kappa shape index (κ3) is 2.32. The van der Waals surface area contributed by atoms with Crippen molar-refractivity contribution in [3.8, 4) is 0 Å². The monoisotopic (exact) mass is 239 g/mol. The van der Waals surface area contributed by atoms with Gasteiger partial charge in [-0.1, -0.05) is 36.4 Å². The molecule has 0 aliphatic heterocycles. The van der Waals surface area contributed by atoms with Crippen molar-refractivity contribution >= 4 is 27.8 Å². The summed E-state index contributed by atoms with van der Waals surface area (Å²) in [6, 6.07) is 17.2. The lowest BCUT2D eigenvalue weighted by atomic mass is 10.1. The van der Waals surface area contributed by atoms with Crippen molar-refractivity contribution in [2.45, 2.75) is 6.54 Å². The van der Waals surface area contributed by atoms with Crippen LogP contribution in [-0.2, 0) is 6.54 Å². The van der Waals surface area contributed by atoms with Gasteiger partial charge < -0.3 is 5.32 Å². The smallest absolute Gasteiger partial charge is 0.0451 e. The third-order valence-corrected chi connectivity index (χ3v) is 3.51. The summed E-state index contributed by atoms with van der Waals surface area (Å²) in [6.45, 7) is 0.877. The second-order valence-electron chi connectivity index (χ2n) is 4.05. The SMILES string of the molecule is c1ccc2cc(CNc3ccsc3)ccc2c1. The van der Waals surface area contributed by atoms with Crippen LogP contribution in [0.2, 0.25) is 0 Å². The highest BCUT2D eigenvalue weighted by Crippen LogP contribution is 2.17. The van der Waals surface area contributed by atoms with E-state index in [0.29, 0.717) is 0 Å². The summed E-state index contributed by atoms with van der Waals surface area (Å²) >= 11 is 1.71. The van der Waals surface area contributed by atoms with Crippen LogP contribution in [0.15, 0.2) is 59.3 Å². The van der Waals surface area contributed by atoms with Gasteiger partial charge in [0, 0.05) is 17.6 Å². The van der Waals surface area contributed by atoms with Crippen LogP contribution in [0.5, 0.6) is 0 Å². The first-order valence-corrected chi connectivity index (χ1v) is 6.60. The summed E-state index contributed by atoms with van der Waals surface area (Å²) in [5.41, 5.74) is 2.51. The maximum atomic E-state index is 3.42. The second-order valence-corrected chi connectivity index (χ2v) is 4.83. The van der Waals surface area contributed by atoms with E-state index in [-0.39, 0.29) is 0 Å². The first kappa shape index (κ1) is 10.4. The zero-order chi connectivity index (χ0) is 11.5. The van der Waals surface area contributed by atoms with E-state index in [1.165, 1.54) is 22.0 Å². The second kappa shape index (κ2) is 4.60. The molecule has 1 nitrogen and oxygen atoms in total. The molecule has 0 saturated carbocycles. The van der Waals surface area contributed by atoms with Gasteiger partial charge in [0.15, 0.2) is 0 Å². The van der Waals surface area contributed by atoms with Gasteiger partial charge in [0.2, 0.25) is 0 Å². The summed E-state index contributed by atoms with van der Waals surface area (Å²) in [5, 5.41) is 10.2. The van der Waals surface area contributed by atoms with Crippen molar-refractivity contribution in [2.75, 3.05) is 5.32 Å². The Bertz CT molecular complexity index is 614. The predicted octanol–water partition coefficient (Wildman–Crippen LogP) is 4.51. The standard InChI is InChI=1S/C15H13NS/c1-2-4-14-9-12(5-6-13(14)3-1)10-16-15-7-8-17-11-15/h1-9,11,16H,10H2. The number of fused-ring (bicyclic) bond motifs is 1. The van der Waals surface area contributed by atoms with Gasteiger partial charge in [-0.15, -0.1) is 0 Å². The van der Waals surface area contributed by atoms with Crippen LogP contribution in [0, 0.1) is 0 Å². The fraction of sp³-hybridized carbons (Fsp3) is 0.0667. The highest BCUT2D eigenvalue weighted by molar-refractivity contribution is 7.08. The van der Waals surface area contributed by atoms with E-state index in [4.69, 9.17) is 0 Å². The van der Waals surface area contributed by atoms with Gasteiger partial charge in [-0.05, 0) is 33.8 Å². The number of rotatable bonds is 3. The number of nitrogens with one attached hydrogen (secondary N) is 1. The van der Waals surface area contributed by atoms with Gasteiger partial charge in [0.1, 0.15) is 0 Å². The minimum absolute atomic E-state index is 0.877. The van der Waals surface area contributed by atoms with Crippen LogP contribution in [0.3, 0.4) is 0 Å². The number of hydrogen-bond acceptors (Lipinski definition) is 2. The average molecular weight is 239 g/mol. The lowest BCUT2D eigenvalue weighted by molar-refractivity contribution is 1.16. The highest BCUT2D eigenvalue weighted by Gasteiger charge is 1.96. The Morgan fingerprint density at radius 1 is 0.941 bits per heavy atom. The van der Waals surface area contributed by atoms with Crippen LogP contribution in [0.4, 0.5) is 5.69 Å². The lowest BCUT2D eigenvalue weighted by Crippen LogP contribution is -1.97. The molecule has 84 valence electrons. The van der Waals surface area contributed by atoms with E-state index < -0.39 is 0 Å². The van der Waals surface area contributed by atoms with Crippen molar-refractivity contribution in [1.29, 1.82) is 0 Å². The van der Waals surface area contributed by atoms with Crippen molar-refractivity contribution in [2.24, 2.45) is 0 Å². The molecular formula is C15H13NS. The maximum absolute atomic E-state index is 3.42. The molecule has 0 fully saturated rings. The first-order chi connectivity index (χ1) is 8.42. The van der Waals surface area contributed by atoms with E-state index in [2.05, 4.69) is 64.6 Å². The van der Waals surface area contributed by atoms with Crippen LogP contribution in [-0.4, -0.2) is 0 Å². The van der Waals surface area contributed by atoms with Crippen LogP contribution in [0.25, 0.3) is 10.8 Å². The molecule has 3 rings (SSSR count). The zero-order valence-electron chi connectivity index (χ0n) is 9.39.